The molecule has 1 spiro atoms. The van der Waals surface area contributed by atoms with Gasteiger partial charge in [0.25, 0.3) is 5.91 Å². The number of hydrogen-bond acceptors (Lipinski definition) is 4. The van der Waals surface area contributed by atoms with Crippen molar-refractivity contribution in [3.05, 3.63) is 66.0 Å². The Kier molecular flexibility index (Phi) is 4.08. The van der Waals surface area contributed by atoms with Crippen molar-refractivity contribution < 1.29 is 15.7 Å². The number of ether oxygens (including phenoxy) is 2. The molecule has 2 aliphatic heterocycles. The second-order valence-electron chi connectivity index (χ2n) is 8.50. The predicted molar refractivity (Wildman–Crippen MR) is 123 cm³/mol. The number of methoxy groups -OCH3 is 1. The number of benzene rings is 2. The van der Waals surface area contributed by atoms with Gasteiger partial charge in [0.2, 0.25) is 0 Å². The number of carbonyl (C=O) groups excluding carboxylic acids is 1. The van der Waals surface area contributed by atoms with Gasteiger partial charge in [-0.2, -0.15) is 5.10 Å². The van der Waals surface area contributed by atoms with Gasteiger partial charge in [-0.15, -0.1) is 0 Å². The molecule has 7 heteroatoms. The van der Waals surface area contributed by atoms with E-state index in [0.29, 0.717) is 18.7 Å². The number of aromatic amines is 1. The number of hydrogen-bond donors (Lipinski definition) is 1. The van der Waals surface area contributed by atoms with E-state index in [-0.39, 0.29) is 7.33 Å². The number of para-hydroxylation sites is 2. The topological polar surface area (TPSA) is 72.4 Å². The molecule has 7 nitrogen and oxygen atoms in total. The number of aryl methyl sites for hydroxylation is 1. The quantitative estimate of drug-likeness (QED) is 0.513. The van der Waals surface area contributed by atoms with Crippen LogP contribution in [0.1, 0.15) is 30.2 Å². The van der Waals surface area contributed by atoms with E-state index in [2.05, 4.69) is 16.1 Å². The first kappa shape index (κ1) is 19.0. The van der Waals surface area contributed by atoms with Gasteiger partial charge in [0.15, 0.2) is 0 Å². The van der Waals surface area contributed by atoms with Crippen LogP contribution in [-0.4, -0.2) is 45.8 Å². The molecule has 0 aliphatic carbocycles. The fraction of sp³-hybridized carbons (Fsp3) is 0.280. The van der Waals surface area contributed by atoms with E-state index in [4.69, 9.17) is 9.47 Å². The molecule has 4 aromatic rings. The van der Waals surface area contributed by atoms with Crippen LogP contribution in [0.2, 0.25) is 0 Å². The highest BCUT2D eigenvalue weighted by Gasteiger charge is 2.46. The summed E-state index contributed by atoms with van der Waals surface area (Å²) in [7, 11) is 3.61. The Morgan fingerprint density at radius 3 is 2.81 bits per heavy atom. The molecule has 4 heterocycles. The summed E-state index contributed by atoms with van der Waals surface area (Å²) in [6.07, 6.45) is 5.15. The summed E-state index contributed by atoms with van der Waals surface area (Å²) >= 11 is 0. The summed E-state index contributed by atoms with van der Waals surface area (Å²) in [5.74, 6) is 1.64. The Morgan fingerprint density at radius 2 is 2.00 bits per heavy atom. The van der Waals surface area contributed by atoms with Crippen LogP contribution in [0.5, 0.6) is 11.5 Å². The highest BCUT2D eigenvalue weighted by molar-refractivity contribution is 6.08. The average molecular weight is 431 g/mol. The smallest absolute Gasteiger partial charge is 0.256 e. The summed E-state index contributed by atoms with van der Waals surface area (Å²) < 4.78 is 14.0. The number of rotatable bonds is 2. The van der Waals surface area contributed by atoms with Crippen molar-refractivity contribution >= 4 is 16.8 Å². The highest BCUT2D eigenvalue weighted by Crippen LogP contribution is 2.49. The minimum atomic E-state index is -0.460. The van der Waals surface area contributed by atoms with E-state index in [9.17, 15) is 4.79 Å². The van der Waals surface area contributed by atoms with E-state index in [1.807, 2.05) is 59.2 Å². The molecule has 0 bridgehead atoms. The number of piperidine rings is 1. The molecule has 1 saturated heterocycles. The van der Waals surface area contributed by atoms with Crippen molar-refractivity contribution in [1.29, 1.82) is 0 Å². The van der Waals surface area contributed by atoms with Crippen molar-refractivity contribution in [1.82, 2.24) is 19.7 Å². The second kappa shape index (κ2) is 6.88. The maximum atomic E-state index is 13.4. The largest absolute Gasteiger partial charge is 0.495 e. The third-order valence-electron chi connectivity index (χ3n) is 6.86. The van der Waals surface area contributed by atoms with Gasteiger partial charge in [-0.1, -0.05) is 24.3 Å². The van der Waals surface area contributed by atoms with Crippen LogP contribution in [-0.2, 0) is 12.6 Å². The fourth-order valence-corrected chi connectivity index (χ4v) is 5.19. The molecule has 2 aromatic heterocycles. The second-order valence-corrected chi connectivity index (χ2v) is 8.50. The molecule has 1 fully saturated rings. The zero-order valence-electron chi connectivity index (χ0n) is 18.1. The minimum absolute atomic E-state index is 0. The fourth-order valence-electron chi connectivity index (χ4n) is 5.19. The average Bonchev–Trinajstić information content (AvgIpc) is 3.44. The van der Waals surface area contributed by atoms with Crippen LogP contribution >= 0.6 is 0 Å². The highest BCUT2D eigenvalue weighted by atomic mass is 16.5. The molecule has 0 radical (unpaired) electrons. The van der Waals surface area contributed by atoms with Gasteiger partial charge >= 0.3 is 0 Å². The summed E-state index contributed by atoms with van der Waals surface area (Å²) in [5, 5.41) is 5.41. The first-order valence-corrected chi connectivity index (χ1v) is 10.9. The van der Waals surface area contributed by atoms with Crippen molar-refractivity contribution in [2.45, 2.75) is 18.4 Å². The molecule has 0 saturated carbocycles. The predicted octanol–water partition coefficient (Wildman–Crippen LogP) is 4.35. The van der Waals surface area contributed by atoms with E-state index < -0.39 is 5.60 Å². The lowest BCUT2D eigenvalue weighted by molar-refractivity contribution is -0.00166. The Morgan fingerprint density at radius 1 is 1.19 bits per heavy atom. The number of likely N-dealkylation sites (tertiary alicyclic amines) is 1. The Hall–Kier alpha value is -3.74. The van der Waals surface area contributed by atoms with E-state index in [1.165, 1.54) is 0 Å². The third-order valence-corrected chi connectivity index (χ3v) is 6.86. The lowest BCUT2D eigenvalue weighted by Gasteiger charge is -2.44. The Labute approximate surface area is 187 Å². The van der Waals surface area contributed by atoms with Gasteiger partial charge in [0.1, 0.15) is 17.1 Å². The molecule has 1 amide bonds. The van der Waals surface area contributed by atoms with Gasteiger partial charge < -0.3 is 19.4 Å². The molecule has 164 valence electrons. The number of nitrogens with zero attached hydrogens (tertiary/aromatic N) is 3. The summed E-state index contributed by atoms with van der Waals surface area (Å²) in [6.45, 7) is 1.23. The SMILES string of the molecule is COc1cccc2c(C(=O)N3CCC4(CC3)Oc3ccccc3-c3c4cnn3C)c[nH]c12.[HH]. The number of aromatic nitrogens is 3. The summed E-state index contributed by atoms with van der Waals surface area (Å²) in [5.41, 5.74) is 4.35. The van der Waals surface area contributed by atoms with Crippen LogP contribution in [0, 0.1) is 0 Å². The summed E-state index contributed by atoms with van der Waals surface area (Å²) in [6, 6.07) is 13.9. The summed E-state index contributed by atoms with van der Waals surface area (Å²) in [4.78, 5) is 18.5. The van der Waals surface area contributed by atoms with Crippen LogP contribution in [0.3, 0.4) is 0 Å². The van der Waals surface area contributed by atoms with Gasteiger partial charge in [0.05, 0.1) is 30.1 Å². The maximum absolute atomic E-state index is 13.4. The van der Waals surface area contributed by atoms with Crippen LogP contribution < -0.4 is 9.47 Å². The van der Waals surface area contributed by atoms with E-state index in [1.54, 1.807) is 13.3 Å². The zero-order chi connectivity index (χ0) is 21.9. The first-order chi connectivity index (χ1) is 15.6. The Balaban J connectivity index is 0.00000228. The number of fused-ring (bicyclic) bond motifs is 5. The third kappa shape index (κ3) is 2.60. The van der Waals surface area contributed by atoms with Crippen molar-refractivity contribution in [3.63, 3.8) is 0 Å². The molecular formula is C25H26N4O3. The maximum Gasteiger partial charge on any atom is 0.256 e. The molecule has 32 heavy (non-hydrogen) atoms. The van der Waals surface area contributed by atoms with Crippen molar-refractivity contribution in [2.75, 3.05) is 20.2 Å². The molecule has 0 unspecified atom stereocenters. The lowest BCUT2D eigenvalue weighted by Crippen LogP contribution is -2.49. The molecule has 1 N–H and O–H groups in total. The van der Waals surface area contributed by atoms with Crippen molar-refractivity contribution in [3.8, 4) is 22.8 Å². The molecule has 6 rings (SSSR count). The Bertz CT molecular complexity index is 1350. The lowest BCUT2D eigenvalue weighted by atomic mass is 9.81. The molecule has 0 atom stereocenters. The number of nitrogens with one attached hydrogen (secondary N) is 1. The first-order valence-electron chi connectivity index (χ1n) is 10.9. The van der Waals surface area contributed by atoms with Gasteiger partial charge in [0, 0.05) is 57.1 Å². The van der Waals surface area contributed by atoms with Gasteiger partial charge in [-0.3, -0.25) is 9.48 Å². The normalized spacial score (nSPS) is 16.5. The number of H-pyrrole nitrogens is 1. The van der Waals surface area contributed by atoms with E-state index in [0.717, 1.165) is 52.1 Å². The van der Waals surface area contributed by atoms with E-state index >= 15 is 0 Å². The van der Waals surface area contributed by atoms with Crippen LogP contribution in [0.25, 0.3) is 22.2 Å². The zero-order valence-corrected chi connectivity index (χ0v) is 18.1. The minimum Gasteiger partial charge on any atom is -0.495 e. The molecular weight excluding hydrogens is 404 g/mol. The monoisotopic (exact) mass is 430 g/mol. The van der Waals surface area contributed by atoms with Crippen LogP contribution in [0.4, 0.5) is 0 Å². The number of carbonyl (C=O) groups is 1. The van der Waals surface area contributed by atoms with Gasteiger partial charge in [-0.25, -0.2) is 0 Å². The standard InChI is InChI=1S/C25H24N4O3.H2/c1-28-23-17-6-3-4-8-20(17)32-25(19(23)15-27-28)10-12-29(13-11-25)24(30)18-14-26-22-16(18)7-5-9-21(22)31-2;/h3-9,14-15,26H,10-13H2,1-2H3;1H. The van der Waals surface area contributed by atoms with Gasteiger partial charge in [-0.05, 0) is 18.2 Å². The molecule has 2 aliphatic rings. The van der Waals surface area contributed by atoms with Crippen molar-refractivity contribution in [2.24, 2.45) is 7.05 Å². The molecule has 2 aromatic carbocycles. The number of amides is 1. The van der Waals surface area contributed by atoms with Crippen LogP contribution in [0.15, 0.2) is 54.9 Å².